The second-order valence-electron chi connectivity index (χ2n) is 8.22. The first-order valence-electron chi connectivity index (χ1n) is 11.5. The van der Waals surface area contributed by atoms with Crippen LogP contribution in [0.5, 0.6) is 5.75 Å². The summed E-state index contributed by atoms with van der Waals surface area (Å²) in [6, 6.07) is 13.4. The Balaban J connectivity index is 1.86. The number of fused-ring (bicyclic) bond motifs is 1. The van der Waals surface area contributed by atoms with Crippen molar-refractivity contribution in [1.82, 2.24) is 5.32 Å². The van der Waals surface area contributed by atoms with Crippen molar-refractivity contribution in [2.75, 3.05) is 11.5 Å². The Bertz CT molecular complexity index is 909. The van der Waals surface area contributed by atoms with Gasteiger partial charge in [0, 0.05) is 23.7 Å². The molecule has 1 unspecified atom stereocenters. The van der Waals surface area contributed by atoms with E-state index in [-0.39, 0.29) is 11.8 Å². The van der Waals surface area contributed by atoms with Gasteiger partial charge in [0.1, 0.15) is 11.8 Å². The zero-order valence-corrected chi connectivity index (χ0v) is 18.9. The fraction of sp³-hybridized carbons (Fsp3) is 0.462. The number of aryl methyl sites for hydroxylation is 1. The Labute approximate surface area is 185 Å². The minimum Gasteiger partial charge on any atom is -0.493 e. The van der Waals surface area contributed by atoms with Crippen molar-refractivity contribution < 1.29 is 14.3 Å². The van der Waals surface area contributed by atoms with E-state index in [1.54, 1.807) is 4.90 Å². The van der Waals surface area contributed by atoms with E-state index in [0.717, 1.165) is 61.1 Å². The van der Waals surface area contributed by atoms with Gasteiger partial charge in [0.25, 0.3) is 5.91 Å². The molecule has 0 saturated heterocycles. The highest BCUT2D eigenvalue weighted by molar-refractivity contribution is 6.06. The predicted molar refractivity (Wildman–Crippen MR) is 124 cm³/mol. The summed E-state index contributed by atoms with van der Waals surface area (Å²) < 4.78 is 6.02. The Morgan fingerprint density at radius 2 is 1.84 bits per heavy atom. The number of unbranched alkanes of at least 4 members (excludes halogenated alkanes) is 3. The van der Waals surface area contributed by atoms with Crippen LogP contribution in [0.3, 0.4) is 0 Å². The normalized spacial score (nSPS) is 15.1. The third kappa shape index (κ3) is 5.66. The SMILES string of the molecule is CCCCCOc1ccccc1CN1C(=O)C(NC(C)=O)c2cc(CCCC)ccc21. The topological polar surface area (TPSA) is 58.6 Å². The van der Waals surface area contributed by atoms with Gasteiger partial charge in [-0.25, -0.2) is 0 Å². The van der Waals surface area contributed by atoms with Gasteiger partial charge in [-0.15, -0.1) is 0 Å². The number of ether oxygens (including phenoxy) is 1. The summed E-state index contributed by atoms with van der Waals surface area (Å²) in [4.78, 5) is 26.9. The van der Waals surface area contributed by atoms with Gasteiger partial charge in [-0.3, -0.25) is 9.59 Å². The molecule has 0 aliphatic carbocycles. The second-order valence-corrected chi connectivity index (χ2v) is 8.22. The van der Waals surface area contributed by atoms with E-state index in [0.29, 0.717) is 13.2 Å². The van der Waals surface area contributed by atoms with Crippen LogP contribution in [0.15, 0.2) is 42.5 Å². The highest BCUT2D eigenvalue weighted by Gasteiger charge is 2.38. The summed E-state index contributed by atoms with van der Waals surface area (Å²) in [5.74, 6) is 0.513. The number of carbonyl (C=O) groups is 2. The number of rotatable bonds is 11. The maximum absolute atomic E-state index is 13.3. The Morgan fingerprint density at radius 1 is 1.06 bits per heavy atom. The van der Waals surface area contributed by atoms with E-state index in [1.807, 2.05) is 30.3 Å². The quantitative estimate of drug-likeness (QED) is 0.499. The van der Waals surface area contributed by atoms with Crippen LogP contribution in [0.4, 0.5) is 5.69 Å². The first-order chi connectivity index (χ1) is 15.0. The van der Waals surface area contributed by atoms with Crippen LogP contribution in [-0.4, -0.2) is 18.4 Å². The Morgan fingerprint density at radius 3 is 2.58 bits per heavy atom. The highest BCUT2D eigenvalue weighted by Crippen LogP contribution is 2.38. The number of carbonyl (C=O) groups excluding carboxylic acids is 2. The maximum Gasteiger partial charge on any atom is 0.254 e. The molecule has 2 aromatic carbocycles. The fourth-order valence-electron chi connectivity index (χ4n) is 4.01. The monoisotopic (exact) mass is 422 g/mol. The molecule has 2 aromatic rings. The van der Waals surface area contributed by atoms with Crippen molar-refractivity contribution in [1.29, 1.82) is 0 Å². The zero-order valence-electron chi connectivity index (χ0n) is 18.9. The van der Waals surface area contributed by atoms with E-state index in [9.17, 15) is 9.59 Å². The Hall–Kier alpha value is -2.82. The van der Waals surface area contributed by atoms with Crippen LogP contribution in [0.25, 0.3) is 0 Å². The lowest BCUT2D eigenvalue weighted by Crippen LogP contribution is -2.36. The van der Waals surface area contributed by atoms with Gasteiger partial charge >= 0.3 is 0 Å². The van der Waals surface area contributed by atoms with Crippen molar-refractivity contribution >= 4 is 17.5 Å². The van der Waals surface area contributed by atoms with E-state index in [1.165, 1.54) is 12.5 Å². The van der Waals surface area contributed by atoms with Gasteiger partial charge in [-0.2, -0.15) is 0 Å². The van der Waals surface area contributed by atoms with Crippen molar-refractivity contribution in [2.24, 2.45) is 0 Å². The molecule has 5 nitrogen and oxygen atoms in total. The number of benzene rings is 2. The molecule has 1 aliphatic heterocycles. The highest BCUT2D eigenvalue weighted by atomic mass is 16.5. The van der Waals surface area contributed by atoms with Gasteiger partial charge in [-0.05, 0) is 37.0 Å². The predicted octanol–water partition coefficient (Wildman–Crippen LogP) is 5.32. The number of nitrogens with zero attached hydrogens (tertiary/aromatic N) is 1. The number of hydrogen-bond acceptors (Lipinski definition) is 3. The van der Waals surface area contributed by atoms with Crippen LogP contribution < -0.4 is 15.0 Å². The van der Waals surface area contributed by atoms with Crippen LogP contribution in [0.1, 0.15) is 75.6 Å². The molecule has 0 spiro atoms. The molecule has 1 N–H and O–H groups in total. The molecule has 0 radical (unpaired) electrons. The third-order valence-corrected chi connectivity index (χ3v) is 5.68. The molecule has 1 atom stereocenters. The molecular formula is C26H34N2O3. The van der Waals surface area contributed by atoms with Gasteiger partial charge in [0.2, 0.25) is 5.91 Å². The molecule has 2 amide bonds. The van der Waals surface area contributed by atoms with E-state index in [2.05, 4.69) is 31.3 Å². The summed E-state index contributed by atoms with van der Waals surface area (Å²) in [6.07, 6.45) is 6.49. The molecule has 5 heteroatoms. The number of amides is 2. The number of para-hydroxylation sites is 1. The molecule has 1 heterocycles. The average molecular weight is 423 g/mol. The lowest BCUT2D eigenvalue weighted by molar-refractivity contribution is -0.126. The summed E-state index contributed by atoms with van der Waals surface area (Å²) in [7, 11) is 0. The standard InChI is InChI=1S/C26H34N2O3/c1-4-6-10-16-31-24-13-9-8-12-21(24)18-28-23-15-14-20(11-7-5-2)17-22(23)25(26(28)30)27-19(3)29/h8-9,12-15,17,25H,4-7,10-11,16,18H2,1-3H3,(H,27,29). The van der Waals surface area contributed by atoms with Crippen LogP contribution >= 0.6 is 0 Å². The van der Waals surface area contributed by atoms with Crippen LogP contribution in [0.2, 0.25) is 0 Å². The molecule has 0 bridgehead atoms. The lowest BCUT2D eigenvalue weighted by Gasteiger charge is -2.20. The molecule has 0 aromatic heterocycles. The largest absolute Gasteiger partial charge is 0.493 e. The summed E-state index contributed by atoms with van der Waals surface area (Å²) in [6.45, 7) is 6.88. The van der Waals surface area contributed by atoms with Gasteiger partial charge < -0.3 is 15.0 Å². The third-order valence-electron chi connectivity index (χ3n) is 5.68. The van der Waals surface area contributed by atoms with E-state index in [4.69, 9.17) is 4.74 Å². The molecule has 166 valence electrons. The van der Waals surface area contributed by atoms with Gasteiger partial charge in [-0.1, -0.05) is 63.4 Å². The van der Waals surface area contributed by atoms with Crippen molar-refractivity contribution in [2.45, 2.75) is 71.9 Å². The van der Waals surface area contributed by atoms with Crippen molar-refractivity contribution in [3.8, 4) is 5.75 Å². The second kappa shape index (κ2) is 11.0. The summed E-state index contributed by atoms with van der Waals surface area (Å²) in [5, 5.41) is 2.85. The molecule has 1 aliphatic rings. The van der Waals surface area contributed by atoms with E-state index >= 15 is 0 Å². The minimum absolute atomic E-state index is 0.0985. The molecule has 31 heavy (non-hydrogen) atoms. The minimum atomic E-state index is -0.633. The maximum atomic E-state index is 13.3. The number of nitrogens with one attached hydrogen (secondary N) is 1. The fourth-order valence-corrected chi connectivity index (χ4v) is 4.01. The summed E-state index contributed by atoms with van der Waals surface area (Å²) in [5.41, 5.74) is 3.92. The van der Waals surface area contributed by atoms with E-state index < -0.39 is 6.04 Å². The van der Waals surface area contributed by atoms with Gasteiger partial charge in [0.15, 0.2) is 0 Å². The number of anilines is 1. The van der Waals surface area contributed by atoms with Gasteiger partial charge in [0.05, 0.1) is 13.2 Å². The van der Waals surface area contributed by atoms with Crippen LogP contribution in [0, 0.1) is 0 Å². The molecule has 3 rings (SSSR count). The average Bonchev–Trinajstić information content (AvgIpc) is 3.01. The Kier molecular flexibility index (Phi) is 8.10. The van der Waals surface area contributed by atoms with Crippen LogP contribution in [-0.2, 0) is 22.6 Å². The zero-order chi connectivity index (χ0) is 22.2. The van der Waals surface area contributed by atoms with Crippen molar-refractivity contribution in [3.63, 3.8) is 0 Å². The molecule has 0 fully saturated rings. The summed E-state index contributed by atoms with van der Waals surface area (Å²) >= 11 is 0. The molecule has 0 saturated carbocycles. The first-order valence-corrected chi connectivity index (χ1v) is 11.5. The molecular weight excluding hydrogens is 388 g/mol. The smallest absolute Gasteiger partial charge is 0.254 e. The number of hydrogen-bond donors (Lipinski definition) is 1. The first kappa shape index (κ1) is 22.9. The lowest BCUT2D eigenvalue weighted by atomic mass is 10.0. The van der Waals surface area contributed by atoms with Crippen molar-refractivity contribution in [3.05, 3.63) is 59.2 Å².